The van der Waals surface area contributed by atoms with Gasteiger partial charge in [-0.25, -0.2) is 9.59 Å². The molecule has 0 saturated heterocycles. The second kappa shape index (κ2) is 10.6. The molecule has 196 valence electrons. The molecule has 0 aliphatic heterocycles. The maximum absolute atomic E-state index is 13.9. The van der Waals surface area contributed by atoms with E-state index in [9.17, 15) is 19.5 Å². The van der Waals surface area contributed by atoms with Crippen LogP contribution >= 0.6 is 0 Å². The van der Waals surface area contributed by atoms with Gasteiger partial charge in [-0.2, -0.15) is 0 Å². The molecule has 0 aliphatic carbocycles. The Morgan fingerprint density at radius 2 is 1.42 bits per heavy atom. The highest BCUT2D eigenvalue weighted by molar-refractivity contribution is 6.08. The van der Waals surface area contributed by atoms with Gasteiger partial charge in [0.25, 0.3) is 5.56 Å². The summed E-state index contributed by atoms with van der Waals surface area (Å²) in [6.07, 6.45) is 0. The van der Waals surface area contributed by atoms with E-state index in [0.29, 0.717) is 33.8 Å². The Morgan fingerprint density at radius 3 is 2.00 bits per heavy atom. The number of benzene rings is 3. The maximum atomic E-state index is 13.9. The van der Waals surface area contributed by atoms with Gasteiger partial charge in [0, 0.05) is 5.56 Å². The zero-order valence-corrected chi connectivity index (χ0v) is 21.4. The van der Waals surface area contributed by atoms with Crippen LogP contribution in [0, 0.1) is 0 Å². The second-order valence-corrected chi connectivity index (χ2v) is 8.04. The van der Waals surface area contributed by atoms with Gasteiger partial charge in [0.05, 0.1) is 52.2 Å². The lowest BCUT2D eigenvalue weighted by Crippen LogP contribution is -2.27. The number of rotatable bonds is 7. The summed E-state index contributed by atoms with van der Waals surface area (Å²) in [6.45, 7) is 0. The molecule has 1 aromatic heterocycles. The van der Waals surface area contributed by atoms with Crippen molar-refractivity contribution in [3.8, 4) is 39.8 Å². The Labute approximate surface area is 217 Å². The number of carbonyl (C=O) groups is 2. The van der Waals surface area contributed by atoms with E-state index >= 15 is 0 Å². The number of carbonyl (C=O) groups excluding carboxylic acids is 2. The van der Waals surface area contributed by atoms with Gasteiger partial charge in [-0.15, -0.1) is 0 Å². The van der Waals surface area contributed by atoms with Crippen LogP contribution in [-0.4, -0.2) is 57.2 Å². The number of pyridine rings is 1. The van der Waals surface area contributed by atoms with E-state index in [1.165, 1.54) is 65.9 Å². The fourth-order valence-corrected chi connectivity index (χ4v) is 4.33. The molecule has 0 amide bonds. The highest BCUT2D eigenvalue weighted by Crippen LogP contribution is 2.44. The zero-order valence-electron chi connectivity index (χ0n) is 21.4. The Balaban J connectivity index is 2.24. The monoisotopic (exact) mass is 519 g/mol. The highest BCUT2D eigenvalue weighted by atomic mass is 16.5. The van der Waals surface area contributed by atoms with Crippen LogP contribution in [0.4, 0.5) is 0 Å². The fourth-order valence-electron chi connectivity index (χ4n) is 4.33. The van der Waals surface area contributed by atoms with Gasteiger partial charge in [-0.3, -0.25) is 9.36 Å². The summed E-state index contributed by atoms with van der Waals surface area (Å²) in [6, 6.07) is 13.6. The van der Waals surface area contributed by atoms with Crippen LogP contribution in [0.3, 0.4) is 0 Å². The molecule has 1 heterocycles. The molecular weight excluding hydrogens is 494 g/mol. The van der Waals surface area contributed by atoms with Crippen LogP contribution < -0.4 is 19.8 Å². The minimum Gasteiger partial charge on any atom is -0.508 e. The van der Waals surface area contributed by atoms with Crippen LogP contribution in [0.2, 0.25) is 0 Å². The lowest BCUT2D eigenvalue weighted by atomic mass is 9.95. The number of hydrogen-bond donors (Lipinski definition) is 1. The molecule has 3 aromatic carbocycles. The number of hydrogen-bond acceptors (Lipinski definition) is 9. The first-order valence-electron chi connectivity index (χ1n) is 11.3. The average molecular weight is 520 g/mol. The summed E-state index contributed by atoms with van der Waals surface area (Å²) < 4.78 is 27.5. The molecule has 4 rings (SSSR count). The molecule has 0 aliphatic rings. The quantitative estimate of drug-likeness (QED) is 0.362. The molecule has 0 spiro atoms. The maximum Gasteiger partial charge on any atom is 0.355 e. The van der Waals surface area contributed by atoms with Crippen molar-refractivity contribution in [2.24, 2.45) is 0 Å². The van der Waals surface area contributed by atoms with E-state index < -0.39 is 17.5 Å². The van der Waals surface area contributed by atoms with E-state index in [2.05, 4.69) is 0 Å². The minimum absolute atomic E-state index is 0.116. The summed E-state index contributed by atoms with van der Waals surface area (Å²) in [4.78, 5) is 39.5. The van der Waals surface area contributed by atoms with Crippen LogP contribution in [0.25, 0.3) is 27.6 Å². The van der Waals surface area contributed by atoms with E-state index in [4.69, 9.17) is 23.7 Å². The van der Waals surface area contributed by atoms with Gasteiger partial charge in [-0.05, 0) is 59.5 Å². The lowest BCUT2D eigenvalue weighted by molar-refractivity contribution is 0.0587. The third kappa shape index (κ3) is 4.36. The standard InChI is InChI=1S/C28H25NO9/c1-34-21-12-16(13-22(35-2)25(21)36-3)23-19-10-9-18(30)14-20(19)26(31)29(24(23)28(33)38-5)17-8-6-7-15(11-17)27(32)37-4/h6-14,30H,1-5H3. The summed E-state index contributed by atoms with van der Waals surface area (Å²) in [5.74, 6) is -0.622. The van der Waals surface area contributed by atoms with Gasteiger partial charge in [-0.1, -0.05) is 6.07 Å². The first-order chi connectivity index (χ1) is 18.3. The van der Waals surface area contributed by atoms with E-state index in [1.807, 2.05) is 0 Å². The fraction of sp³-hybridized carbons (Fsp3) is 0.179. The molecule has 10 heteroatoms. The molecule has 0 unspecified atom stereocenters. The van der Waals surface area contributed by atoms with E-state index in [1.54, 1.807) is 24.3 Å². The van der Waals surface area contributed by atoms with Crippen molar-refractivity contribution in [3.05, 3.63) is 76.2 Å². The van der Waals surface area contributed by atoms with Crippen molar-refractivity contribution >= 4 is 22.7 Å². The molecule has 0 saturated carbocycles. The van der Waals surface area contributed by atoms with Gasteiger partial charge in [0.15, 0.2) is 11.5 Å². The van der Waals surface area contributed by atoms with Gasteiger partial charge >= 0.3 is 11.9 Å². The van der Waals surface area contributed by atoms with Crippen molar-refractivity contribution in [2.45, 2.75) is 0 Å². The van der Waals surface area contributed by atoms with Crippen molar-refractivity contribution < 1.29 is 38.4 Å². The number of aromatic nitrogens is 1. The van der Waals surface area contributed by atoms with E-state index in [0.717, 1.165) is 4.57 Å². The Kier molecular flexibility index (Phi) is 7.24. The SMILES string of the molecule is COC(=O)c1cccc(-n2c(C(=O)OC)c(-c3cc(OC)c(OC)c(OC)c3)c3ccc(O)cc3c2=O)c1. The first-order valence-corrected chi connectivity index (χ1v) is 11.3. The molecule has 0 fully saturated rings. The van der Waals surface area contributed by atoms with Crippen molar-refractivity contribution in [1.29, 1.82) is 0 Å². The second-order valence-electron chi connectivity index (χ2n) is 8.04. The van der Waals surface area contributed by atoms with Crippen LogP contribution in [0.1, 0.15) is 20.8 Å². The number of nitrogens with zero attached hydrogens (tertiary/aromatic N) is 1. The lowest BCUT2D eigenvalue weighted by Gasteiger charge is -2.20. The minimum atomic E-state index is -0.815. The first kappa shape index (κ1) is 26.1. The smallest absolute Gasteiger partial charge is 0.355 e. The summed E-state index contributed by atoms with van der Waals surface area (Å²) >= 11 is 0. The van der Waals surface area contributed by atoms with Crippen molar-refractivity contribution in [1.82, 2.24) is 4.57 Å². The number of ether oxygens (including phenoxy) is 5. The molecule has 38 heavy (non-hydrogen) atoms. The predicted molar refractivity (Wildman–Crippen MR) is 139 cm³/mol. The van der Waals surface area contributed by atoms with Crippen LogP contribution in [0.15, 0.2) is 59.4 Å². The molecule has 0 radical (unpaired) electrons. The largest absolute Gasteiger partial charge is 0.508 e. The molecule has 0 bridgehead atoms. The number of phenolic OH excluding ortho intramolecular Hbond substituents is 1. The molecule has 10 nitrogen and oxygen atoms in total. The summed E-state index contributed by atoms with van der Waals surface area (Å²) in [5.41, 5.74) is 0.374. The Bertz CT molecular complexity index is 1600. The van der Waals surface area contributed by atoms with Crippen molar-refractivity contribution in [2.75, 3.05) is 35.5 Å². The Hall–Kier alpha value is -4.99. The predicted octanol–water partition coefficient (Wildman–Crippen LogP) is 3.96. The highest BCUT2D eigenvalue weighted by Gasteiger charge is 2.27. The topological polar surface area (TPSA) is 123 Å². The number of esters is 2. The molecule has 4 aromatic rings. The normalized spacial score (nSPS) is 10.7. The number of methoxy groups -OCH3 is 5. The molecule has 0 atom stereocenters. The number of fused-ring (bicyclic) bond motifs is 1. The van der Waals surface area contributed by atoms with Crippen LogP contribution in [-0.2, 0) is 9.47 Å². The number of aromatic hydroxyl groups is 1. The third-order valence-corrected chi connectivity index (χ3v) is 6.02. The number of phenols is 1. The average Bonchev–Trinajstić information content (AvgIpc) is 2.95. The van der Waals surface area contributed by atoms with Gasteiger partial charge in [0.2, 0.25) is 5.75 Å². The zero-order chi connectivity index (χ0) is 27.6. The molecule has 1 N–H and O–H groups in total. The Morgan fingerprint density at radius 1 is 0.763 bits per heavy atom. The van der Waals surface area contributed by atoms with Gasteiger partial charge in [0.1, 0.15) is 11.4 Å². The van der Waals surface area contributed by atoms with E-state index in [-0.39, 0.29) is 28.1 Å². The molecular formula is C28H25NO9. The summed E-state index contributed by atoms with van der Waals surface area (Å²) in [5, 5.41) is 10.7. The van der Waals surface area contributed by atoms with Crippen LogP contribution in [0.5, 0.6) is 23.0 Å². The van der Waals surface area contributed by atoms with Crippen molar-refractivity contribution in [3.63, 3.8) is 0 Å². The van der Waals surface area contributed by atoms with Gasteiger partial charge < -0.3 is 28.8 Å². The third-order valence-electron chi connectivity index (χ3n) is 6.02. The summed E-state index contributed by atoms with van der Waals surface area (Å²) in [7, 11) is 6.81.